The molecule has 0 unspecified atom stereocenters. The normalized spacial score (nSPS) is 21.4. The van der Waals surface area contributed by atoms with Gasteiger partial charge >= 0.3 is 0 Å². The Kier molecular flexibility index (Phi) is 2.05. The van der Waals surface area contributed by atoms with E-state index in [9.17, 15) is 0 Å². The Morgan fingerprint density at radius 3 is 2.93 bits per heavy atom. The van der Waals surface area contributed by atoms with Gasteiger partial charge in [-0.25, -0.2) is 4.98 Å². The zero-order valence-corrected chi connectivity index (χ0v) is 8.45. The van der Waals surface area contributed by atoms with Gasteiger partial charge in [0.05, 0.1) is 6.33 Å². The van der Waals surface area contributed by atoms with Crippen LogP contribution in [0.4, 0.5) is 0 Å². The maximum absolute atomic E-state index is 4.23. The van der Waals surface area contributed by atoms with Crippen LogP contribution in [0, 0.1) is 0 Å². The zero-order valence-electron chi connectivity index (χ0n) is 8.45. The third kappa shape index (κ3) is 1.82. The molecule has 1 heterocycles. The standard InChI is InChI=1S/C11H17N3/c1-2-9(1)13-6-5-11-7-12-8-14(11)10-3-4-10/h7-10,13H,1-6H2. The minimum absolute atomic E-state index is 0.772. The van der Waals surface area contributed by atoms with Crippen LogP contribution in [0.2, 0.25) is 0 Å². The molecule has 1 aromatic rings. The molecule has 2 fully saturated rings. The minimum atomic E-state index is 0.772. The Labute approximate surface area is 84.5 Å². The first-order valence-electron chi connectivity index (χ1n) is 5.67. The van der Waals surface area contributed by atoms with Crippen LogP contribution in [0.1, 0.15) is 37.4 Å². The van der Waals surface area contributed by atoms with Gasteiger partial charge in [-0.15, -0.1) is 0 Å². The van der Waals surface area contributed by atoms with E-state index in [0.29, 0.717) is 0 Å². The second-order valence-electron chi connectivity index (χ2n) is 4.50. The Morgan fingerprint density at radius 2 is 2.21 bits per heavy atom. The Morgan fingerprint density at radius 1 is 1.36 bits per heavy atom. The third-order valence-corrected chi connectivity index (χ3v) is 3.08. The number of hydrogen-bond donors (Lipinski definition) is 1. The number of rotatable bonds is 5. The highest BCUT2D eigenvalue weighted by molar-refractivity contribution is 5.04. The molecule has 0 aromatic carbocycles. The van der Waals surface area contributed by atoms with Gasteiger partial charge in [0.2, 0.25) is 0 Å². The Bertz CT molecular complexity index is 310. The highest BCUT2D eigenvalue weighted by Crippen LogP contribution is 2.35. The van der Waals surface area contributed by atoms with Crippen LogP contribution in [0.5, 0.6) is 0 Å². The molecule has 0 bridgehead atoms. The van der Waals surface area contributed by atoms with Gasteiger partial charge in [-0.05, 0) is 25.7 Å². The fraction of sp³-hybridized carbons (Fsp3) is 0.727. The van der Waals surface area contributed by atoms with E-state index in [1.807, 2.05) is 12.5 Å². The maximum atomic E-state index is 4.23. The molecule has 3 nitrogen and oxygen atoms in total. The van der Waals surface area contributed by atoms with E-state index >= 15 is 0 Å². The maximum Gasteiger partial charge on any atom is 0.0950 e. The van der Waals surface area contributed by atoms with Crippen molar-refractivity contribution in [1.82, 2.24) is 14.9 Å². The van der Waals surface area contributed by atoms with Crippen molar-refractivity contribution in [3.8, 4) is 0 Å². The van der Waals surface area contributed by atoms with E-state index < -0.39 is 0 Å². The summed E-state index contributed by atoms with van der Waals surface area (Å²) in [5.41, 5.74) is 1.40. The molecule has 0 amide bonds. The fourth-order valence-electron chi connectivity index (χ4n) is 1.90. The fourth-order valence-corrected chi connectivity index (χ4v) is 1.90. The molecule has 2 aliphatic rings. The van der Waals surface area contributed by atoms with Crippen LogP contribution >= 0.6 is 0 Å². The third-order valence-electron chi connectivity index (χ3n) is 3.08. The molecule has 76 valence electrons. The van der Waals surface area contributed by atoms with Crippen molar-refractivity contribution in [2.75, 3.05) is 6.54 Å². The van der Waals surface area contributed by atoms with Crippen LogP contribution in [0.25, 0.3) is 0 Å². The number of aromatic nitrogens is 2. The van der Waals surface area contributed by atoms with Crippen molar-refractivity contribution in [2.45, 2.75) is 44.2 Å². The summed E-state index contributed by atoms with van der Waals surface area (Å²) in [5.74, 6) is 0. The average molecular weight is 191 g/mol. The van der Waals surface area contributed by atoms with E-state index in [-0.39, 0.29) is 0 Å². The first-order valence-corrected chi connectivity index (χ1v) is 5.67. The number of hydrogen-bond acceptors (Lipinski definition) is 2. The van der Waals surface area contributed by atoms with E-state index in [0.717, 1.165) is 25.0 Å². The van der Waals surface area contributed by atoms with Gasteiger partial charge in [0.1, 0.15) is 0 Å². The smallest absolute Gasteiger partial charge is 0.0950 e. The van der Waals surface area contributed by atoms with Crippen molar-refractivity contribution >= 4 is 0 Å². The Balaban J connectivity index is 1.55. The van der Waals surface area contributed by atoms with Gasteiger partial charge in [0, 0.05) is 36.9 Å². The van der Waals surface area contributed by atoms with Crippen LogP contribution in [0.15, 0.2) is 12.5 Å². The van der Waals surface area contributed by atoms with E-state index in [4.69, 9.17) is 0 Å². The topological polar surface area (TPSA) is 29.9 Å². The minimum Gasteiger partial charge on any atom is -0.332 e. The molecule has 2 saturated carbocycles. The molecule has 0 aliphatic heterocycles. The molecule has 3 heteroatoms. The molecule has 14 heavy (non-hydrogen) atoms. The summed E-state index contributed by atoms with van der Waals surface area (Å²) >= 11 is 0. The van der Waals surface area contributed by atoms with Gasteiger partial charge in [0.25, 0.3) is 0 Å². The first-order chi connectivity index (χ1) is 6.93. The lowest BCUT2D eigenvalue weighted by Gasteiger charge is -2.06. The van der Waals surface area contributed by atoms with Crippen LogP contribution < -0.4 is 5.32 Å². The highest BCUT2D eigenvalue weighted by Gasteiger charge is 2.25. The number of imidazole rings is 1. The zero-order chi connectivity index (χ0) is 9.38. The average Bonchev–Trinajstić information content (AvgIpc) is 3.08. The summed E-state index contributed by atoms with van der Waals surface area (Å²) in [5, 5.41) is 3.54. The summed E-state index contributed by atoms with van der Waals surface area (Å²) in [6, 6.07) is 1.60. The lowest BCUT2D eigenvalue weighted by atomic mass is 10.3. The monoisotopic (exact) mass is 191 g/mol. The van der Waals surface area contributed by atoms with Crippen LogP contribution in [-0.2, 0) is 6.42 Å². The van der Waals surface area contributed by atoms with Gasteiger partial charge in [-0.2, -0.15) is 0 Å². The van der Waals surface area contributed by atoms with Crippen LogP contribution in [-0.4, -0.2) is 22.1 Å². The van der Waals surface area contributed by atoms with Gasteiger partial charge in [-0.1, -0.05) is 0 Å². The highest BCUT2D eigenvalue weighted by atomic mass is 15.1. The summed E-state index contributed by atoms with van der Waals surface area (Å²) in [7, 11) is 0. The quantitative estimate of drug-likeness (QED) is 0.764. The van der Waals surface area contributed by atoms with Crippen molar-refractivity contribution in [1.29, 1.82) is 0 Å². The molecular weight excluding hydrogens is 174 g/mol. The Hall–Kier alpha value is -0.830. The molecule has 1 aromatic heterocycles. The number of nitrogens with zero attached hydrogens (tertiary/aromatic N) is 2. The molecule has 3 rings (SSSR count). The lowest BCUT2D eigenvalue weighted by molar-refractivity contribution is 0.635. The van der Waals surface area contributed by atoms with E-state index in [1.165, 1.54) is 31.4 Å². The summed E-state index contributed by atoms with van der Waals surface area (Å²) in [6.45, 7) is 1.11. The molecule has 0 spiro atoms. The van der Waals surface area contributed by atoms with Crippen LogP contribution in [0.3, 0.4) is 0 Å². The predicted molar refractivity (Wildman–Crippen MR) is 55.2 cm³/mol. The SMILES string of the molecule is c1ncn(C2CC2)c1CCNC1CC1. The van der Waals surface area contributed by atoms with Gasteiger partial charge in [0.15, 0.2) is 0 Å². The molecule has 0 saturated heterocycles. The summed E-state index contributed by atoms with van der Waals surface area (Å²) in [6.07, 6.45) is 10.6. The predicted octanol–water partition coefficient (Wildman–Crippen LogP) is 1.51. The number of nitrogens with one attached hydrogen (secondary N) is 1. The van der Waals surface area contributed by atoms with Crippen molar-refractivity contribution < 1.29 is 0 Å². The van der Waals surface area contributed by atoms with E-state index in [2.05, 4.69) is 14.9 Å². The summed E-state index contributed by atoms with van der Waals surface area (Å²) < 4.78 is 2.36. The second-order valence-corrected chi connectivity index (χ2v) is 4.50. The van der Waals surface area contributed by atoms with Gasteiger partial charge in [-0.3, -0.25) is 0 Å². The molecule has 0 atom stereocenters. The molecule has 0 radical (unpaired) electrons. The first kappa shape index (κ1) is 8.48. The van der Waals surface area contributed by atoms with Crippen molar-refractivity contribution in [3.63, 3.8) is 0 Å². The summed E-state index contributed by atoms with van der Waals surface area (Å²) in [4.78, 5) is 4.23. The molecule has 1 N–H and O–H groups in total. The van der Waals surface area contributed by atoms with E-state index in [1.54, 1.807) is 0 Å². The largest absolute Gasteiger partial charge is 0.332 e. The van der Waals surface area contributed by atoms with Crippen molar-refractivity contribution in [3.05, 3.63) is 18.2 Å². The molecular formula is C11H17N3. The molecule has 2 aliphatic carbocycles. The second kappa shape index (κ2) is 3.39. The van der Waals surface area contributed by atoms with Crippen molar-refractivity contribution in [2.24, 2.45) is 0 Å². The van der Waals surface area contributed by atoms with Gasteiger partial charge < -0.3 is 9.88 Å². The lowest BCUT2D eigenvalue weighted by Crippen LogP contribution is -2.20.